The molecule has 0 unspecified atom stereocenters. The van der Waals surface area contributed by atoms with E-state index < -0.39 is 0 Å². The maximum Gasteiger partial charge on any atom is 0.155 e. The van der Waals surface area contributed by atoms with Crippen LogP contribution in [-0.2, 0) is 7.05 Å². The van der Waals surface area contributed by atoms with E-state index >= 15 is 0 Å². The summed E-state index contributed by atoms with van der Waals surface area (Å²) in [6.07, 6.45) is 6.58. The SMILES string of the molecule is C#Cc1ncn(C)c1C#N. The molecule has 0 amide bonds. The van der Waals surface area contributed by atoms with Gasteiger partial charge in [0.05, 0.1) is 6.33 Å². The van der Waals surface area contributed by atoms with Gasteiger partial charge in [0, 0.05) is 7.05 Å². The van der Waals surface area contributed by atoms with Crippen molar-refractivity contribution in [1.29, 1.82) is 5.26 Å². The summed E-state index contributed by atoms with van der Waals surface area (Å²) < 4.78 is 1.59. The molecule has 0 aliphatic heterocycles. The summed E-state index contributed by atoms with van der Waals surface area (Å²) in [7, 11) is 1.73. The zero-order chi connectivity index (χ0) is 7.56. The number of nitriles is 1. The normalized spacial score (nSPS) is 8.30. The average Bonchev–Trinajstić information content (AvgIpc) is 2.30. The van der Waals surface area contributed by atoms with Gasteiger partial charge in [0.15, 0.2) is 5.69 Å². The molecular weight excluding hydrogens is 126 g/mol. The van der Waals surface area contributed by atoms with E-state index in [-0.39, 0.29) is 0 Å². The fourth-order valence-corrected chi connectivity index (χ4v) is 0.668. The van der Waals surface area contributed by atoms with Gasteiger partial charge in [0.1, 0.15) is 11.8 Å². The Balaban J connectivity index is 3.34. The lowest BCUT2D eigenvalue weighted by molar-refractivity contribution is 0.896. The Morgan fingerprint density at radius 1 is 1.80 bits per heavy atom. The lowest BCUT2D eigenvalue weighted by Crippen LogP contribution is -1.89. The predicted molar refractivity (Wildman–Crippen MR) is 35.9 cm³/mol. The Morgan fingerprint density at radius 2 is 2.50 bits per heavy atom. The van der Waals surface area contributed by atoms with Gasteiger partial charge in [-0.05, 0) is 5.92 Å². The third kappa shape index (κ3) is 0.744. The molecule has 3 heteroatoms. The van der Waals surface area contributed by atoms with Gasteiger partial charge in [0.25, 0.3) is 0 Å². The fraction of sp³-hybridized carbons (Fsp3) is 0.143. The van der Waals surface area contributed by atoms with Crippen molar-refractivity contribution in [2.75, 3.05) is 0 Å². The summed E-state index contributed by atoms with van der Waals surface area (Å²) in [5.41, 5.74) is 0.840. The van der Waals surface area contributed by atoms with Crippen LogP contribution in [0.4, 0.5) is 0 Å². The van der Waals surface area contributed by atoms with Crippen LogP contribution in [0.15, 0.2) is 6.33 Å². The molecule has 1 rings (SSSR count). The van der Waals surface area contributed by atoms with Crippen molar-refractivity contribution >= 4 is 0 Å². The van der Waals surface area contributed by atoms with Gasteiger partial charge in [-0.2, -0.15) is 5.26 Å². The molecule has 3 nitrogen and oxygen atoms in total. The van der Waals surface area contributed by atoms with E-state index in [0.717, 1.165) is 0 Å². The van der Waals surface area contributed by atoms with E-state index in [4.69, 9.17) is 11.7 Å². The molecular formula is C7H5N3. The number of nitrogens with zero attached hydrogens (tertiary/aromatic N) is 3. The second-order valence-corrected chi connectivity index (χ2v) is 1.81. The van der Waals surface area contributed by atoms with Crippen molar-refractivity contribution in [2.45, 2.75) is 0 Å². The molecule has 0 spiro atoms. The third-order valence-corrected chi connectivity index (χ3v) is 1.18. The first-order valence-corrected chi connectivity index (χ1v) is 2.67. The van der Waals surface area contributed by atoms with Crippen LogP contribution >= 0.6 is 0 Å². The Labute approximate surface area is 58.9 Å². The van der Waals surface area contributed by atoms with Crippen LogP contribution < -0.4 is 0 Å². The summed E-state index contributed by atoms with van der Waals surface area (Å²) in [5, 5.41) is 8.51. The van der Waals surface area contributed by atoms with Crippen molar-refractivity contribution in [3.63, 3.8) is 0 Å². The topological polar surface area (TPSA) is 41.6 Å². The Morgan fingerprint density at radius 3 is 2.90 bits per heavy atom. The molecule has 0 aliphatic rings. The first-order chi connectivity index (χ1) is 4.79. The molecule has 0 atom stereocenters. The lowest BCUT2D eigenvalue weighted by Gasteiger charge is -1.87. The number of rotatable bonds is 0. The molecule has 48 valence electrons. The second-order valence-electron chi connectivity index (χ2n) is 1.81. The molecule has 0 radical (unpaired) electrons. The molecule has 0 bridgehead atoms. The zero-order valence-electron chi connectivity index (χ0n) is 5.50. The summed E-state index contributed by atoms with van der Waals surface area (Å²) >= 11 is 0. The smallest absolute Gasteiger partial charge is 0.155 e. The molecule has 0 aromatic carbocycles. The maximum absolute atomic E-state index is 8.51. The Hall–Kier alpha value is -1.74. The summed E-state index contributed by atoms with van der Waals surface area (Å²) in [6, 6.07) is 1.95. The van der Waals surface area contributed by atoms with Crippen molar-refractivity contribution in [3.05, 3.63) is 17.7 Å². The van der Waals surface area contributed by atoms with Gasteiger partial charge in [-0.25, -0.2) is 4.98 Å². The Bertz CT molecular complexity index is 322. The van der Waals surface area contributed by atoms with Gasteiger partial charge < -0.3 is 4.57 Å². The van der Waals surface area contributed by atoms with Crippen LogP contribution in [0.25, 0.3) is 0 Å². The van der Waals surface area contributed by atoms with E-state index in [1.54, 1.807) is 11.6 Å². The predicted octanol–water partition coefficient (Wildman–Crippen LogP) is 0.273. The molecule has 1 heterocycles. The van der Waals surface area contributed by atoms with E-state index in [1.807, 2.05) is 6.07 Å². The Kier molecular flexibility index (Phi) is 1.43. The van der Waals surface area contributed by atoms with Crippen LogP contribution in [0, 0.1) is 23.7 Å². The summed E-state index contributed by atoms with van der Waals surface area (Å²) in [4.78, 5) is 3.81. The number of terminal acetylenes is 1. The van der Waals surface area contributed by atoms with Crippen LogP contribution in [0.3, 0.4) is 0 Å². The summed E-state index contributed by atoms with van der Waals surface area (Å²) in [6.45, 7) is 0. The molecule has 0 saturated carbocycles. The summed E-state index contributed by atoms with van der Waals surface area (Å²) in [5.74, 6) is 2.31. The standard InChI is InChI=1S/C7H5N3/c1-3-6-7(4-8)10(2)5-9-6/h1,5H,2H3. The number of hydrogen-bond donors (Lipinski definition) is 0. The molecule has 0 saturated heterocycles. The van der Waals surface area contributed by atoms with Crippen LogP contribution in [0.1, 0.15) is 11.4 Å². The molecule has 0 fully saturated rings. The monoisotopic (exact) mass is 131 g/mol. The van der Waals surface area contributed by atoms with Crippen molar-refractivity contribution in [1.82, 2.24) is 9.55 Å². The zero-order valence-corrected chi connectivity index (χ0v) is 5.50. The lowest BCUT2D eigenvalue weighted by atomic mass is 10.3. The number of imidazole rings is 1. The molecule has 1 aromatic heterocycles. The highest BCUT2D eigenvalue weighted by molar-refractivity contribution is 5.37. The molecule has 10 heavy (non-hydrogen) atoms. The minimum absolute atomic E-state index is 0.407. The van der Waals surface area contributed by atoms with Crippen LogP contribution in [-0.4, -0.2) is 9.55 Å². The molecule has 0 N–H and O–H groups in total. The molecule has 1 aromatic rings. The van der Waals surface area contributed by atoms with Gasteiger partial charge in [-0.3, -0.25) is 0 Å². The minimum atomic E-state index is 0.407. The number of aromatic nitrogens is 2. The minimum Gasteiger partial charge on any atom is -0.324 e. The average molecular weight is 131 g/mol. The van der Waals surface area contributed by atoms with Crippen LogP contribution in [0.2, 0.25) is 0 Å². The van der Waals surface area contributed by atoms with Gasteiger partial charge in [-0.1, -0.05) is 0 Å². The number of aryl methyl sites for hydroxylation is 1. The van der Waals surface area contributed by atoms with Crippen molar-refractivity contribution in [3.8, 4) is 18.4 Å². The first kappa shape index (κ1) is 6.38. The number of hydrogen-bond acceptors (Lipinski definition) is 2. The largest absolute Gasteiger partial charge is 0.324 e. The van der Waals surface area contributed by atoms with Crippen molar-refractivity contribution < 1.29 is 0 Å². The van der Waals surface area contributed by atoms with Gasteiger partial charge in [0.2, 0.25) is 0 Å². The van der Waals surface area contributed by atoms with E-state index in [2.05, 4.69) is 10.9 Å². The second kappa shape index (κ2) is 2.24. The quantitative estimate of drug-likeness (QED) is 0.474. The van der Waals surface area contributed by atoms with Crippen LogP contribution in [0.5, 0.6) is 0 Å². The van der Waals surface area contributed by atoms with Gasteiger partial charge in [-0.15, -0.1) is 6.42 Å². The van der Waals surface area contributed by atoms with E-state index in [1.165, 1.54) is 6.33 Å². The highest BCUT2D eigenvalue weighted by Gasteiger charge is 2.02. The van der Waals surface area contributed by atoms with E-state index in [9.17, 15) is 0 Å². The molecule has 0 aliphatic carbocycles. The third-order valence-electron chi connectivity index (χ3n) is 1.18. The van der Waals surface area contributed by atoms with Crippen molar-refractivity contribution in [2.24, 2.45) is 7.05 Å². The fourth-order valence-electron chi connectivity index (χ4n) is 0.668. The highest BCUT2D eigenvalue weighted by atomic mass is 15.0. The highest BCUT2D eigenvalue weighted by Crippen LogP contribution is 2.00. The first-order valence-electron chi connectivity index (χ1n) is 2.67. The maximum atomic E-state index is 8.51. The van der Waals surface area contributed by atoms with E-state index in [0.29, 0.717) is 11.4 Å². The van der Waals surface area contributed by atoms with Gasteiger partial charge >= 0.3 is 0 Å².